The van der Waals surface area contributed by atoms with E-state index in [9.17, 15) is 0 Å². The van der Waals surface area contributed by atoms with Crippen LogP contribution >= 0.6 is 0 Å². The van der Waals surface area contributed by atoms with Crippen LogP contribution in [0.3, 0.4) is 0 Å². The maximum Gasteiger partial charge on any atom is 0.0403 e. The van der Waals surface area contributed by atoms with Gasteiger partial charge in [0.1, 0.15) is 0 Å². The third-order valence-corrected chi connectivity index (χ3v) is 2.66. The fourth-order valence-electron chi connectivity index (χ4n) is 1.98. The fourth-order valence-corrected chi connectivity index (χ4v) is 1.98. The number of fused-ring (bicyclic) bond motifs is 1. The standard InChI is InChI=1S/C11H16N2/c1-8(2)13-6-5-9-7-10(12)3-4-11(9)13/h3-4,7-8H,5-6,12H2,1-2H3. The molecular formula is C11H16N2. The minimum Gasteiger partial charge on any atom is -0.399 e. The van der Waals surface area contributed by atoms with Crippen molar-refractivity contribution >= 4 is 11.4 Å². The number of rotatable bonds is 1. The van der Waals surface area contributed by atoms with Gasteiger partial charge in [0, 0.05) is 24.0 Å². The Morgan fingerprint density at radius 3 is 2.85 bits per heavy atom. The molecule has 2 heteroatoms. The van der Waals surface area contributed by atoms with Crippen molar-refractivity contribution in [1.82, 2.24) is 0 Å². The third kappa shape index (κ3) is 1.37. The van der Waals surface area contributed by atoms with Crippen LogP contribution < -0.4 is 10.6 Å². The zero-order valence-electron chi connectivity index (χ0n) is 8.25. The zero-order valence-corrected chi connectivity index (χ0v) is 8.25. The molecule has 2 rings (SSSR count). The van der Waals surface area contributed by atoms with Crippen LogP contribution in [0.2, 0.25) is 0 Å². The van der Waals surface area contributed by atoms with E-state index in [2.05, 4.69) is 30.9 Å². The summed E-state index contributed by atoms with van der Waals surface area (Å²) in [6.45, 7) is 5.59. The van der Waals surface area contributed by atoms with Crippen molar-refractivity contribution in [2.24, 2.45) is 0 Å². The zero-order chi connectivity index (χ0) is 9.42. The molecule has 0 atom stereocenters. The van der Waals surface area contributed by atoms with Crippen molar-refractivity contribution in [2.45, 2.75) is 26.3 Å². The second-order valence-electron chi connectivity index (χ2n) is 3.93. The summed E-state index contributed by atoms with van der Waals surface area (Å²) in [5.41, 5.74) is 9.37. The van der Waals surface area contributed by atoms with Crippen LogP contribution in [0.25, 0.3) is 0 Å². The minimum atomic E-state index is 0.588. The molecule has 2 nitrogen and oxygen atoms in total. The Balaban J connectivity index is 2.38. The average molecular weight is 176 g/mol. The Morgan fingerprint density at radius 2 is 2.15 bits per heavy atom. The van der Waals surface area contributed by atoms with Crippen LogP contribution in [0.1, 0.15) is 19.4 Å². The van der Waals surface area contributed by atoms with Crippen LogP contribution in [0, 0.1) is 0 Å². The van der Waals surface area contributed by atoms with E-state index in [1.54, 1.807) is 0 Å². The summed E-state index contributed by atoms with van der Waals surface area (Å²) in [4.78, 5) is 2.43. The van der Waals surface area contributed by atoms with Crippen molar-refractivity contribution in [2.75, 3.05) is 17.2 Å². The van der Waals surface area contributed by atoms with E-state index in [0.717, 1.165) is 18.7 Å². The van der Waals surface area contributed by atoms with Crippen molar-refractivity contribution in [1.29, 1.82) is 0 Å². The van der Waals surface area contributed by atoms with E-state index >= 15 is 0 Å². The van der Waals surface area contributed by atoms with Gasteiger partial charge >= 0.3 is 0 Å². The highest BCUT2D eigenvalue weighted by Gasteiger charge is 2.20. The highest BCUT2D eigenvalue weighted by Crippen LogP contribution is 2.30. The summed E-state index contributed by atoms with van der Waals surface area (Å²) in [6, 6.07) is 6.81. The number of hydrogen-bond acceptors (Lipinski definition) is 2. The molecule has 0 radical (unpaired) electrons. The highest BCUT2D eigenvalue weighted by molar-refractivity contribution is 5.63. The Kier molecular flexibility index (Phi) is 1.91. The molecule has 70 valence electrons. The molecule has 0 aromatic heterocycles. The highest BCUT2D eigenvalue weighted by atomic mass is 15.2. The van der Waals surface area contributed by atoms with Gasteiger partial charge in [-0.3, -0.25) is 0 Å². The SMILES string of the molecule is CC(C)N1CCc2cc(N)ccc21. The first kappa shape index (κ1) is 8.42. The Morgan fingerprint density at radius 1 is 1.38 bits per heavy atom. The molecule has 0 fully saturated rings. The van der Waals surface area contributed by atoms with Crippen molar-refractivity contribution in [3.05, 3.63) is 23.8 Å². The number of nitrogen functional groups attached to an aromatic ring is 1. The second-order valence-corrected chi connectivity index (χ2v) is 3.93. The van der Waals surface area contributed by atoms with E-state index in [1.165, 1.54) is 11.3 Å². The molecule has 0 amide bonds. The Labute approximate surface area is 79.4 Å². The topological polar surface area (TPSA) is 29.3 Å². The molecule has 1 aliphatic heterocycles. The van der Waals surface area contributed by atoms with Crippen LogP contribution in [0.4, 0.5) is 11.4 Å². The van der Waals surface area contributed by atoms with Gasteiger partial charge in [0.2, 0.25) is 0 Å². The van der Waals surface area contributed by atoms with Crippen molar-refractivity contribution in [3.8, 4) is 0 Å². The van der Waals surface area contributed by atoms with Gasteiger partial charge in [-0.1, -0.05) is 0 Å². The molecule has 1 aromatic rings. The van der Waals surface area contributed by atoms with Crippen LogP contribution in [0.15, 0.2) is 18.2 Å². The fraction of sp³-hybridized carbons (Fsp3) is 0.455. The monoisotopic (exact) mass is 176 g/mol. The molecular weight excluding hydrogens is 160 g/mol. The first-order chi connectivity index (χ1) is 6.18. The van der Waals surface area contributed by atoms with Gasteiger partial charge in [0.05, 0.1) is 0 Å². The lowest BCUT2D eigenvalue weighted by Gasteiger charge is -2.23. The molecule has 0 bridgehead atoms. The molecule has 2 N–H and O–H groups in total. The van der Waals surface area contributed by atoms with Crippen LogP contribution in [0.5, 0.6) is 0 Å². The number of benzene rings is 1. The molecule has 1 aliphatic rings. The summed E-state index contributed by atoms with van der Waals surface area (Å²) in [5.74, 6) is 0. The first-order valence-electron chi connectivity index (χ1n) is 4.83. The van der Waals surface area contributed by atoms with E-state index in [4.69, 9.17) is 5.73 Å². The van der Waals surface area contributed by atoms with E-state index in [-0.39, 0.29) is 0 Å². The molecule has 0 spiro atoms. The Bertz CT molecular complexity index is 318. The van der Waals surface area contributed by atoms with Crippen LogP contribution in [-0.4, -0.2) is 12.6 Å². The Hall–Kier alpha value is -1.18. The molecule has 0 aliphatic carbocycles. The smallest absolute Gasteiger partial charge is 0.0403 e. The first-order valence-corrected chi connectivity index (χ1v) is 4.83. The largest absolute Gasteiger partial charge is 0.399 e. The molecule has 13 heavy (non-hydrogen) atoms. The van der Waals surface area contributed by atoms with Crippen molar-refractivity contribution < 1.29 is 0 Å². The van der Waals surface area contributed by atoms with Crippen molar-refractivity contribution in [3.63, 3.8) is 0 Å². The molecule has 1 heterocycles. The molecule has 0 saturated heterocycles. The summed E-state index contributed by atoms with van der Waals surface area (Å²) in [5, 5.41) is 0. The summed E-state index contributed by atoms with van der Waals surface area (Å²) in [6.07, 6.45) is 1.14. The average Bonchev–Trinajstić information content (AvgIpc) is 2.46. The second kappa shape index (κ2) is 2.95. The van der Waals surface area contributed by atoms with Gasteiger partial charge in [-0.25, -0.2) is 0 Å². The lowest BCUT2D eigenvalue weighted by atomic mass is 10.1. The lowest BCUT2D eigenvalue weighted by molar-refractivity contribution is 0.710. The van der Waals surface area contributed by atoms with Gasteiger partial charge in [0.15, 0.2) is 0 Å². The van der Waals surface area contributed by atoms with Gasteiger partial charge < -0.3 is 10.6 Å². The predicted molar refractivity (Wildman–Crippen MR) is 57.0 cm³/mol. The molecule has 0 unspecified atom stereocenters. The molecule has 0 saturated carbocycles. The van der Waals surface area contributed by atoms with Gasteiger partial charge in [-0.05, 0) is 44.0 Å². The van der Waals surface area contributed by atoms with Gasteiger partial charge in [-0.15, -0.1) is 0 Å². The molecule has 1 aromatic carbocycles. The van der Waals surface area contributed by atoms with Gasteiger partial charge in [0.25, 0.3) is 0 Å². The summed E-state index contributed by atoms with van der Waals surface area (Å²) >= 11 is 0. The number of nitrogens with zero attached hydrogens (tertiary/aromatic N) is 1. The number of anilines is 2. The summed E-state index contributed by atoms with van der Waals surface area (Å²) in [7, 11) is 0. The quantitative estimate of drug-likeness (QED) is 0.663. The van der Waals surface area contributed by atoms with Crippen LogP contribution in [-0.2, 0) is 6.42 Å². The van der Waals surface area contributed by atoms with E-state index < -0.39 is 0 Å². The maximum absolute atomic E-state index is 5.73. The lowest BCUT2D eigenvalue weighted by Crippen LogP contribution is -2.28. The normalized spacial score (nSPS) is 15.2. The summed E-state index contributed by atoms with van der Waals surface area (Å²) < 4.78 is 0. The maximum atomic E-state index is 5.73. The van der Waals surface area contributed by atoms with E-state index in [1.807, 2.05) is 6.07 Å². The van der Waals surface area contributed by atoms with E-state index in [0.29, 0.717) is 6.04 Å². The number of nitrogens with two attached hydrogens (primary N) is 1. The minimum absolute atomic E-state index is 0.588. The predicted octanol–water partition coefficient (Wildman–Crippen LogP) is 2.04. The van der Waals surface area contributed by atoms with Gasteiger partial charge in [-0.2, -0.15) is 0 Å². The number of hydrogen-bond donors (Lipinski definition) is 1. The third-order valence-electron chi connectivity index (χ3n) is 2.66.